The Morgan fingerprint density at radius 3 is 2.14 bits per heavy atom. The lowest BCUT2D eigenvalue weighted by molar-refractivity contribution is 0.0996. The fourth-order valence-corrected chi connectivity index (χ4v) is 2.94. The van der Waals surface area contributed by atoms with Gasteiger partial charge in [-0.1, -0.05) is 29.3 Å². The van der Waals surface area contributed by atoms with Gasteiger partial charge in [0.15, 0.2) is 5.76 Å². The molecule has 0 saturated carbocycles. The first-order valence-corrected chi connectivity index (χ1v) is 9.50. The van der Waals surface area contributed by atoms with E-state index in [1.54, 1.807) is 48.5 Å². The lowest BCUT2D eigenvalue weighted by atomic mass is 9.94. The summed E-state index contributed by atoms with van der Waals surface area (Å²) in [6, 6.07) is 14.8. The average Bonchev–Trinajstić information content (AvgIpc) is 3.20. The summed E-state index contributed by atoms with van der Waals surface area (Å²) in [5, 5.41) is 9.25. The quantitative estimate of drug-likeness (QED) is 0.470. The van der Waals surface area contributed by atoms with E-state index in [1.807, 2.05) is 19.9 Å². The lowest BCUT2D eigenvalue weighted by Gasteiger charge is -2.27. The maximum atomic E-state index is 12.4. The van der Waals surface area contributed by atoms with Gasteiger partial charge >= 0.3 is 6.03 Å². The van der Waals surface area contributed by atoms with E-state index in [1.165, 1.54) is 6.26 Å². The summed E-state index contributed by atoms with van der Waals surface area (Å²) in [4.78, 5) is 24.4. The Morgan fingerprint density at radius 1 is 0.897 bits per heavy atom. The summed E-state index contributed by atoms with van der Waals surface area (Å²) in [5.41, 5.74) is 1.30. The van der Waals surface area contributed by atoms with Gasteiger partial charge in [0.25, 0.3) is 5.91 Å². The molecule has 0 spiro atoms. The molecule has 0 aliphatic carbocycles. The third kappa shape index (κ3) is 5.31. The van der Waals surface area contributed by atoms with Crippen molar-refractivity contribution in [2.75, 3.05) is 10.6 Å². The van der Waals surface area contributed by atoms with Crippen LogP contribution in [0.5, 0.6) is 0 Å². The molecule has 150 valence electrons. The molecule has 0 saturated heterocycles. The molecule has 0 aliphatic heterocycles. The van der Waals surface area contributed by atoms with E-state index in [2.05, 4.69) is 16.0 Å². The van der Waals surface area contributed by atoms with Crippen molar-refractivity contribution >= 4 is 46.5 Å². The molecule has 3 amide bonds. The van der Waals surface area contributed by atoms with Crippen LogP contribution in [-0.4, -0.2) is 11.9 Å². The first kappa shape index (κ1) is 20.8. The minimum Gasteiger partial charge on any atom is -0.459 e. The van der Waals surface area contributed by atoms with Crippen LogP contribution in [0.15, 0.2) is 65.3 Å². The Bertz CT molecular complexity index is 1020. The van der Waals surface area contributed by atoms with Gasteiger partial charge in [-0.05, 0) is 67.9 Å². The third-order valence-corrected chi connectivity index (χ3v) is 4.95. The lowest BCUT2D eigenvalue weighted by Crippen LogP contribution is -2.43. The Morgan fingerprint density at radius 2 is 1.55 bits per heavy atom. The predicted octanol–water partition coefficient (Wildman–Crippen LogP) is 5.90. The fourth-order valence-electron chi connectivity index (χ4n) is 2.64. The van der Waals surface area contributed by atoms with Gasteiger partial charge in [-0.3, -0.25) is 4.79 Å². The Labute approximate surface area is 178 Å². The minimum absolute atomic E-state index is 0.219. The topological polar surface area (TPSA) is 83.4 Å². The molecule has 0 atom stereocenters. The number of carbonyl (C=O) groups excluding carboxylic acids is 2. The SMILES string of the molecule is CC(C)(NC(=O)Nc1ccc(NC(=O)c2ccco2)cc1)c1ccc(Cl)c(Cl)c1. The van der Waals surface area contributed by atoms with Crippen LogP contribution in [0.4, 0.5) is 16.2 Å². The van der Waals surface area contributed by atoms with Crippen molar-refractivity contribution in [1.29, 1.82) is 0 Å². The molecule has 1 aromatic heterocycles. The maximum absolute atomic E-state index is 12.4. The second-order valence-corrected chi connectivity index (χ2v) is 7.66. The molecule has 3 aromatic rings. The number of urea groups is 1. The largest absolute Gasteiger partial charge is 0.459 e. The van der Waals surface area contributed by atoms with E-state index in [0.717, 1.165) is 5.56 Å². The summed E-state index contributed by atoms with van der Waals surface area (Å²) in [5.74, 6) is -0.132. The number of halogens is 2. The van der Waals surface area contributed by atoms with Crippen LogP contribution in [-0.2, 0) is 5.54 Å². The number of hydrogen-bond acceptors (Lipinski definition) is 3. The van der Waals surface area contributed by atoms with Crippen LogP contribution in [0.1, 0.15) is 30.0 Å². The van der Waals surface area contributed by atoms with Crippen molar-refractivity contribution < 1.29 is 14.0 Å². The van der Waals surface area contributed by atoms with Gasteiger partial charge in [0, 0.05) is 11.4 Å². The molecule has 6 nitrogen and oxygen atoms in total. The van der Waals surface area contributed by atoms with Gasteiger partial charge in [-0.2, -0.15) is 0 Å². The van der Waals surface area contributed by atoms with Crippen molar-refractivity contribution in [3.05, 3.63) is 82.2 Å². The third-order valence-electron chi connectivity index (χ3n) is 4.21. The molecule has 0 bridgehead atoms. The molecule has 0 fully saturated rings. The fraction of sp³-hybridized carbons (Fsp3) is 0.143. The zero-order chi connectivity index (χ0) is 21.0. The van der Waals surface area contributed by atoms with Crippen molar-refractivity contribution in [2.24, 2.45) is 0 Å². The van der Waals surface area contributed by atoms with Gasteiger partial charge in [-0.25, -0.2) is 4.79 Å². The smallest absolute Gasteiger partial charge is 0.319 e. The molecule has 2 aromatic carbocycles. The van der Waals surface area contributed by atoms with E-state index in [9.17, 15) is 9.59 Å². The minimum atomic E-state index is -0.671. The zero-order valence-corrected chi connectivity index (χ0v) is 17.3. The Kier molecular flexibility index (Phi) is 6.15. The molecule has 3 N–H and O–H groups in total. The van der Waals surface area contributed by atoms with E-state index in [-0.39, 0.29) is 17.7 Å². The van der Waals surface area contributed by atoms with Crippen LogP contribution in [0.3, 0.4) is 0 Å². The van der Waals surface area contributed by atoms with Gasteiger partial charge in [0.2, 0.25) is 0 Å². The van der Waals surface area contributed by atoms with Gasteiger partial charge < -0.3 is 20.4 Å². The van der Waals surface area contributed by atoms with E-state index in [4.69, 9.17) is 27.6 Å². The highest BCUT2D eigenvalue weighted by molar-refractivity contribution is 6.42. The molecule has 29 heavy (non-hydrogen) atoms. The molecule has 0 unspecified atom stereocenters. The van der Waals surface area contributed by atoms with Crippen molar-refractivity contribution in [1.82, 2.24) is 5.32 Å². The molecule has 3 rings (SSSR count). The van der Waals surface area contributed by atoms with Crippen molar-refractivity contribution in [2.45, 2.75) is 19.4 Å². The van der Waals surface area contributed by atoms with Crippen LogP contribution < -0.4 is 16.0 Å². The highest BCUT2D eigenvalue weighted by Crippen LogP contribution is 2.28. The first-order chi connectivity index (χ1) is 13.7. The molecular weight excluding hydrogens is 413 g/mol. The number of amides is 3. The first-order valence-electron chi connectivity index (χ1n) is 8.74. The number of hydrogen-bond donors (Lipinski definition) is 3. The van der Waals surface area contributed by atoms with Gasteiger partial charge in [0.05, 0.1) is 21.8 Å². The number of rotatable bonds is 5. The monoisotopic (exact) mass is 431 g/mol. The standard InChI is InChI=1S/C21H19Cl2N3O3/c1-21(2,13-5-10-16(22)17(23)12-13)26-20(28)25-15-8-6-14(7-9-15)24-19(27)18-4-3-11-29-18/h3-12H,1-2H3,(H,24,27)(H2,25,26,28). The average molecular weight is 432 g/mol. The number of carbonyl (C=O) groups is 2. The number of benzene rings is 2. The molecule has 0 radical (unpaired) electrons. The Hall–Kier alpha value is -2.96. The second-order valence-electron chi connectivity index (χ2n) is 6.84. The van der Waals surface area contributed by atoms with E-state index >= 15 is 0 Å². The van der Waals surface area contributed by atoms with Gasteiger partial charge in [-0.15, -0.1) is 0 Å². The highest BCUT2D eigenvalue weighted by Gasteiger charge is 2.23. The van der Waals surface area contributed by atoms with Crippen molar-refractivity contribution in [3.8, 4) is 0 Å². The van der Waals surface area contributed by atoms with Crippen molar-refractivity contribution in [3.63, 3.8) is 0 Å². The van der Waals surface area contributed by atoms with E-state index in [0.29, 0.717) is 21.4 Å². The second kappa shape index (κ2) is 8.59. The zero-order valence-electron chi connectivity index (χ0n) is 15.8. The maximum Gasteiger partial charge on any atom is 0.319 e. The molecule has 8 heteroatoms. The predicted molar refractivity (Wildman–Crippen MR) is 115 cm³/mol. The number of anilines is 2. The van der Waals surface area contributed by atoms with Crippen LogP contribution in [0.25, 0.3) is 0 Å². The summed E-state index contributed by atoms with van der Waals surface area (Å²) in [6.45, 7) is 3.72. The normalized spacial score (nSPS) is 11.0. The summed E-state index contributed by atoms with van der Waals surface area (Å²) in [6.07, 6.45) is 1.43. The summed E-state index contributed by atoms with van der Waals surface area (Å²) >= 11 is 12.0. The van der Waals surface area contributed by atoms with E-state index < -0.39 is 5.54 Å². The van der Waals surface area contributed by atoms with Crippen LogP contribution >= 0.6 is 23.2 Å². The molecular formula is C21H19Cl2N3O3. The number of nitrogens with one attached hydrogen (secondary N) is 3. The summed E-state index contributed by atoms with van der Waals surface area (Å²) < 4.78 is 5.05. The van der Waals surface area contributed by atoms with Crippen LogP contribution in [0, 0.1) is 0 Å². The highest BCUT2D eigenvalue weighted by atomic mass is 35.5. The number of furan rings is 1. The Balaban J connectivity index is 1.60. The van der Waals surface area contributed by atoms with Gasteiger partial charge in [0.1, 0.15) is 0 Å². The van der Waals surface area contributed by atoms with Crippen LogP contribution in [0.2, 0.25) is 10.0 Å². The molecule has 0 aliphatic rings. The molecule has 1 heterocycles. The summed E-state index contributed by atoms with van der Waals surface area (Å²) in [7, 11) is 0.